The van der Waals surface area contributed by atoms with Gasteiger partial charge in [-0.25, -0.2) is 0 Å². The van der Waals surface area contributed by atoms with Gasteiger partial charge in [-0.2, -0.15) is 0 Å². The molecule has 3 heterocycles. The quantitative estimate of drug-likeness (QED) is 0.673. The molecule has 1 fully saturated rings. The maximum absolute atomic E-state index is 12.0. The lowest BCUT2D eigenvalue weighted by atomic mass is 9.90. The highest BCUT2D eigenvalue weighted by atomic mass is 32.1. The molecule has 1 atom stereocenters. The van der Waals surface area contributed by atoms with E-state index in [-0.39, 0.29) is 5.56 Å². The molecule has 3 rings (SSSR count). The van der Waals surface area contributed by atoms with E-state index >= 15 is 0 Å². The first-order valence-electron chi connectivity index (χ1n) is 5.85. The van der Waals surface area contributed by atoms with Crippen molar-refractivity contribution in [3.63, 3.8) is 0 Å². The van der Waals surface area contributed by atoms with E-state index in [9.17, 15) is 4.79 Å². The molecule has 2 aliphatic rings. The number of hydrogen-bond donors (Lipinski definition) is 2. The van der Waals surface area contributed by atoms with Crippen molar-refractivity contribution < 1.29 is 0 Å². The van der Waals surface area contributed by atoms with Gasteiger partial charge in [0.2, 0.25) is 0 Å². The average Bonchev–Trinajstić information content (AvgIpc) is 2.28. The molecule has 0 spiro atoms. The molecule has 0 aliphatic carbocycles. The van der Waals surface area contributed by atoms with Crippen LogP contribution in [0.1, 0.15) is 36.6 Å². The smallest absolute Gasteiger partial charge is 0.256 e. The van der Waals surface area contributed by atoms with Crippen molar-refractivity contribution in [3.8, 4) is 0 Å². The third-order valence-electron chi connectivity index (χ3n) is 3.66. The number of hydrogen-bond acceptors (Lipinski definition) is 3. The van der Waals surface area contributed by atoms with Crippen LogP contribution in [0, 0.1) is 4.77 Å². The molecular formula is C11H15N3OS. The summed E-state index contributed by atoms with van der Waals surface area (Å²) in [4.78, 5) is 20.2. The van der Waals surface area contributed by atoms with Crippen LogP contribution in [0.3, 0.4) is 0 Å². The van der Waals surface area contributed by atoms with E-state index in [1.165, 1.54) is 12.8 Å². The first-order chi connectivity index (χ1) is 7.75. The van der Waals surface area contributed by atoms with Crippen molar-refractivity contribution >= 4 is 12.2 Å². The summed E-state index contributed by atoms with van der Waals surface area (Å²) >= 11 is 5.01. The van der Waals surface area contributed by atoms with Crippen LogP contribution in [0.2, 0.25) is 0 Å². The normalized spacial score (nSPS) is 24.9. The average molecular weight is 237 g/mol. The molecule has 2 N–H and O–H groups in total. The Kier molecular flexibility index (Phi) is 2.44. The minimum atomic E-state index is 0.00958. The first kappa shape index (κ1) is 10.2. The van der Waals surface area contributed by atoms with Gasteiger partial charge in [-0.1, -0.05) is 6.42 Å². The van der Waals surface area contributed by atoms with Crippen molar-refractivity contribution in [2.75, 3.05) is 13.1 Å². The van der Waals surface area contributed by atoms with Gasteiger partial charge in [0.15, 0.2) is 4.77 Å². The number of nitrogens with one attached hydrogen (secondary N) is 2. The lowest BCUT2D eigenvalue weighted by Gasteiger charge is -2.39. The Balaban J connectivity index is 2.14. The van der Waals surface area contributed by atoms with E-state index < -0.39 is 0 Å². The van der Waals surface area contributed by atoms with Crippen molar-refractivity contribution in [1.29, 1.82) is 0 Å². The zero-order valence-corrected chi connectivity index (χ0v) is 9.90. The second-order valence-electron chi connectivity index (χ2n) is 4.60. The summed E-state index contributed by atoms with van der Waals surface area (Å²) in [5.41, 5.74) is 1.99. The monoisotopic (exact) mass is 237 g/mol. The fourth-order valence-electron chi connectivity index (χ4n) is 2.93. The highest BCUT2D eigenvalue weighted by molar-refractivity contribution is 7.71. The number of H-pyrrole nitrogens is 2. The van der Waals surface area contributed by atoms with E-state index in [2.05, 4.69) is 14.9 Å². The summed E-state index contributed by atoms with van der Waals surface area (Å²) in [6.07, 6.45) is 4.49. The number of piperidine rings is 1. The van der Waals surface area contributed by atoms with Gasteiger partial charge in [-0.05, 0) is 31.6 Å². The standard InChI is InChI=1S/C11H15N3OS/c15-10-9-7(12-11(16)13-10)4-6-14-5-2-1-3-8(9)14/h8H,1-6H2,(H2,12,13,15,16). The second kappa shape index (κ2) is 3.82. The lowest BCUT2D eigenvalue weighted by molar-refractivity contribution is 0.135. The van der Waals surface area contributed by atoms with Gasteiger partial charge in [-0.15, -0.1) is 0 Å². The highest BCUT2D eigenvalue weighted by Crippen LogP contribution is 2.33. The molecule has 0 radical (unpaired) electrons. The van der Waals surface area contributed by atoms with Crippen LogP contribution in [-0.4, -0.2) is 28.0 Å². The van der Waals surface area contributed by atoms with E-state index in [4.69, 9.17) is 12.2 Å². The largest absolute Gasteiger partial charge is 0.335 e. The summed E-state index contributed by atoms with van der Waals surface area (Å²) in [5, 5.41) is 0. The zero-order chi connectivity index (χ0) is 11.1. The molecule has 2 aliphatic heterocycles. The third kappa shape index (κ3) is 1.55. The summed E-state index contributed by atoms with van der Waals surface area (Å²) in [6.45, 7) is 2.17. The van der Waals surface area contributed by atoms with Crippen LogP contribution in [-0.2, 0) is 6.42 Å². The predicted molar refractivity (Wildman–Crippen MR) is 64.1 cm³/mol. The summed E-state index contributed by atoms with van der Waals surface area (Å²) < 4.78 is 0.452. The second-order valence-corrected chi connectivity index (χ2v) is 5.01. The minimum absolute atomic E-state index is 0.00958. The minimum Gasteiger partial charge on any atom is -0.335 e. The molecule has 1 unspecified atom stereocenters. The Bertz CT molecular complexity index is 519. The first-order valence-corrected chi connectivity index (χ1v) is 6.26. The van der Waals surface area contributed by atoms with Crippen molar-refractivity contribution in [1.82, 2.24) is 14.9 Å². The van der Waals surface area contributed by atoms with Crippen LogP contribution >= 0.6 is 12.2 Å². The van der Waals surface area contributed by atoms with Gasteiger partial charge in [0.05, 0.1) is 5.56 Å². The van der Waals surface area contributed by atoms with E-state index in [1.54, 1.807) is 0 Å². The number of aromatic amines is 2. The summed E-state index contributed by atoms with van der Waals surface area (Å²) in [7, 11) is 0. The fraction of sp³-hybridized carbons (Fsp3) is 0.636. The van der Waals surface area contributed by atoms with Crippen LogP contribution in [0.25, 0.3) is 0 Å². The van der Waals surface area contributed by atoms with Gasteiger partial charge in [0.25, 0.3) is 5.56 Å². The number of fused-ring (bicyclic) bond motifs is 3. The molecule has 0 bridgehead atoms. The number of aromatic nitrogens is 2. The van der Waals surface area contributed by atoms with Gasteiger partial charge < -0.3 is 4.98 Å². The highest BCUT2D eigenvalue weighted by Gasteiger charge is 2.31. The molecule has 16 heavy (non-hydrogen) atoms. The van der Waals surface area contributed by atoms with Crippen molar-refractivity contribution in [2.24, 2.45) is 0 Å². The molecular weight excluding hydrogens is 222 g/mol. The van der Waals surface area contributed by atoms with Crippen molar-refractivity contribution in [3.05, 3.63) is 26.4 Å². The van der Waals surface area contributed by atoms with Crippen molar-refractivity contribution in [2.45, 2.75) is 31.7 Å². The predicted octanol–water partition coefficient (Wildman–Crippen LogP) is 1.52. The Morgan fingerprint density at radius 1 is 1.25 bits per heavy atom. The molecule has 0 aromatic carbocycles. The van der Waals surface area contributed by atoms with E-state index in [0.717, 1.165) is 37.2 Å². The van der Waals surface area contributed by atoms with E-state index in [0.29, 0.717) is 10.8 Å². The summed E-state index contributed by atoms with van der Waals surface area (Å²) in [6, 6.07) is 0.313. The molecule has 0 amide bonds. The van der Waals surface area contributed by atoms with E-state index in [1.807, 2.05) is 0 Å². The maximum Gasteiger partial charge on any atom is 0.256 e. The lowest BCUT2D eigenvalue weighted by Crippen LogP contribution is -2.42. The third-order valence-corrected chi connectivity index (χ3v) is 3.86. The maximum atomic E-state index is 12.0. The van der Waals surface area contributed by atoms with Crippen LogP contribution in [0.15, 0.2) is 4.79 Å². The SMILES string of the molecule is O=c1[nH]c(=S)[nH]c2c1C1CCCCN1CC2. The van der Waals surface area contributed by atoms with Gasteiger partial charge in [-0.3, -0.25) is 14.7 Å². The molecule has 86 valence electrons. The van der Waals surface area contributed by atoms with Gasteiger partial charge >= 0.3 is 0 Å². The molecule has 0 saturated carbocycles. The van der Waals surface area contributed by atoms with Gasteiger partial charge in [0, 0.05) is 24.7 Å². The number of rotatable bonds is 0. The molecule has 5 heteroatoms. The topological polar surface area (TPSA) is 51.9 Å². The molecule has 1 aromatic rings. The Labute approximate surface area is 98.7 Å². The Morgan fingerprint density at radius 3 is 3.00 bits per heavy atom. The number of nitrogens with zero attached hydrogens (tertiary/aromatic N) is 1. The summed E-state index contributed by atoms with van der Waals surface area (Å²) in [5.74, 6) is 0. The zero-order valence-electron chi connectivity index (χ0n) is 9.08. The molecule has 1 aromatic heterocycles. The molecule has 1 saturated heterocycles. The van der Waals surface area contributed by atoms with Crippen LogP contribution < -0.4 is 5.56 Å². The Morgan fingerprint density at radius 2 is 2.12 bits per heavy atom. The van der Waals surface area contributed by atoms with Crippen LogP contribution in [0.4, 0.5) is 0 Å². The Hall–Kier alpha value is -0.940. The fourth-order valence-corrected chi connectivity index (χ4v) is 3.15. The van der Waals surface area contributed by atoms with Gasteiger partial charge in [0.1, 0.15) is 0 Å². The van der Waals surface area contributed by atoms with Crippen LogP contribution in [0.5, 0.6) is 0 Å². The molecule has 4 nitrogen and oxygen atoms in total.